The molecule has 0 saturated heterocycles. The number of nitrogens with two attached hydrogens (primary N) is 1. The molecule has 2 N–H and O–H groups in total. The van der Waals surface area contributed by atoms with E-state index in [1.54, 1.807) is 13.3 Å². The van der Waals surface area contributed by atoms with Gasteiger partial charge in [0.05, 0.1) is 13.3 Å². The van der Waals surface area contributed by atoms with Gasteiger partial charge in [0, 0.05) is 5.56 Å². The number of aromatic nitrogens is 2. The molecule has 0 amide bonds. The molecule has 4 heteroatoms. The summed E-state index contributed by atoms with van der Waals surface area (Å²) in [5, 5.41) is 7.58. The molecule has 4 nitrogen and oxygen atoms in total. The summed E-state index contributed by atoms with van der Waals surface area (Å²) in [6, 6.07) is 0. The summed E-state index contributed by atoms with van der Waals surface area (Å²) in [5.41, 5.74) is 7.42. The van der Waals surface area contributed by atoms with E-state index >= 15 is 0 Å². The van der Waals surface area contributed by atoms with Crippen molar-refractivity contribution < 1.29 is 4.74 Å². The van der Waals surface area contributed by atoms with Gasteiger partial charge < -0.3 is 10.5 Å². The maximum Gasteiger partial charge on any atom is 0.256 e. The number of hydrogen-bond donors (Lipinski definition) is 1. The average molecular weight is 181 g/mol. The molecule has 1 aromatic heterocycles. The van der Waals surface area contributed by atoms with Crippen molar-refractivity contribution >= 4 is 5.69 Å². The van der Waals surface area contributed by atoms with E-state index in [9.17, 15) is 0 Å². The van der Waals surface area contributed by atoms with Gasteiger partial charge in [0.1, 0.15) is 5.69 Å². The second-order valence-corrected chi connectivity index (χ2v) is 3.39. The third-order valence-electron chi connectivity index (χ3n) is 1.76. The van der Waals surface area contributed by atoms with Crippen LogP contribution in [0.5, 0.6) is 5.88 Å². The van der Waals surface area contributed by atoms with Gasteiger partial charge in [0.2, 0.25) is 0 Å². The Kier molecular flexibility index (Phi) is 3.06. The molecular weight excluding hydrogens is 166 g/mol. The van der Waals surface area contributed by atoms with Crippen molar-refractivity contribution in [2.24, 2.45) is 5.92 Å². The summed E-state index contributed by atoms with van der Waals surface area (Å²) in [6.07, 6.45) is 2.59. The van der Waals surface area contributed by atoms with E-state index in [1.165, 1.54) is 0 Å². The molecule has 0 aliphatic rings. The Labute approximate surface area is 78.1 Å². The van der Waals surface area contributed by atoms with E-state index in [-0.39, 0.29) is 0 Å². The second kappa shape index (κ2) is 4.07. The van der Waals surface area contributed by atoms with Crippen LogP contribution < -0.4 is 10.5 Å². The highest BCUT2D eigenvalue weighted by molar-refractivity contribution is 5.53. The number of ether oxygens (including phenoxy) is 1. The van der Waals surface area contributed by atoms with Crippen molar-refractivity contribution in [1.29, 1.82) is 0 Å². The first-order valence-electron chi connectivity index (χ1n) is 4.29. The molecule has 0 atom stereocenters. The smallest absolute Gasteiger partial charge is 0.256 e. The summed E-state index contributed by atoms with van der Waals surface area (Å²) in [6.45, 7) is 4.26. The molecule has 13 heavy (non-hydrogen) atoms. The molecule has 0 aliphatic carbocycles. The third kappa shape index (κ3) is 2.31. The summed E-state index contributed by atoms with van der Waals surface area (Å²) in [4.78, 5) is 0. The van der Waals surface area contributed by atoms with E-state index in [4.69, 9.17) is 10.5 Å². The molecule has 72 valence electrons. The van der Waals surface area contributed by atoms with Gasteiger partial charge in [-0.2, -0.15) is 5.10 Å². The van der Waals surface area contributed by atoms with E-state index in [2.05, 4.69) is 24.0 Å². The van der Waals surface area contributed by atoms with E-state index in [1.807, 2.05) is 0 Å². The SMILES string of the molecule is COc1nncc(CC(C)C)c1N. The van der Waals surface area contributed by atoms with Crippen LogP contribution in [-0.2, 0) is 6.42 Å². The fourth-order valence-electron chi connectivity index (χ4n) is 1.17. The lowest BCUT2D eigenvalue weighted by atomic mass is 10.0. The van der Waals surface area contributed by atoms with Gasteiger partial charge in [-0.15, -0.1) is 5.10 Å². The van der Waals surface area contributed by atoms with E-state index in [0.29, 0.717) is 17.5 Å². The van der Waals surface area contributed by atoms with Crippen LogP contribution in [0.4, 0.5) is 5.69 Å². The number of nitrogen functional groups attached to an aromatic ring is 1. The Bertz CT molecular complexity index is 286. The van der Waals surface area contributed by atoms with E-state index < -0.39 is 0 Å². The second-order valence-electron chi connectivity index (χ2n) is 3.39. The Morgan fingerprint density at radius 2 is 2.23 bits per heavy atom. The first-order valence-corrected chi connectivity index (χ1v) is 4.29. The van der Waals surface area contributed by atoms with Gasteiger partial charge in [-0.3, -0.25) is 0 Å². The van der Waals surface area contributed by atoms with Crippen LogP contribution in [0.3, 0.4) is 0 Å². The van der Waals surface area contributed by atoms with Crippen molar-refractivity contribution in [2.45, 2.75) is 20.3 Å². The number of methoxy groups -OCH3 is 1. The number of rotatable bonds is 3. The minimum atomic E-state index is 0.415. The van der Waals surface area contributed by atoms with Crippen LogP contribution in [0, 0.1) is 5.92 Å². The summed E-state index contributed by atoms with van der Waals surface area (Å²) < 4.78 is 4.97. The maximum atomic E-state index is 5.81. The number of anilines is 1. The van der Waals surface area contributed by atoms with Crippen LogP contribution in [-0.4, -0.2) is 17.3 Å². The van der Waals surface area contributed by atoms with Crippen LogP contribution in [0.1, 0.15) is 19.4 Å². The minimum Gasteiger partial charge on any atom is -0.478 e. The van der Waals surface area contributed by atoms with Gasteiger partial charge in [-0.25, -0.2) is 0 Å². The Balaban J connectivity index is 2.94. The van der Waals surface area contributed by atoms with Crippen LogP contribution >= 0.6 is 0 Å². The van der Waals surface area contributed by atoms with Gasteiger partial charge in [0.25, 0.3) is 5.88 Å². The van der Waals surface area contributed by atoms with Crippen molar-refractivity contribution in [3.63, 3.8) is 0 Å². The topological polar surface area (TPSA) is 61.0 Å². The molecule has 0 aromatic carbocycles. The first-order chi connectivity index (χ1) is 6.15. The molecule has 1 rings (SSSR count). The zero-order valence-corrected chi connectivity index (χ0v) is 8.24. The largest absolute Gasteiger partial charge is 0.478 e. The fraction of sp³-hybridized carbons (Fsp3) is 0.556. The van der Waals surface area contributed by atoms with Crippen LogP contribution in [0.2, 0.25) is 0 Å². The van der Waals surface area contributed by atoms with Crippen molar-refractivity contribution in [2.75, 3.05) is 12.8 Å². The number of hydrogen-bond acceptors (Lipinski definition) is 4. The molecule has 0 fully saturated rings. The van der Waals surface area contributed by atoms with Gasteiger partial charge in [0.15, 0.2) is 0 Å². The van der Waals surface area contributed by atoms with Crippen molar-refractivity contribution in [3.05, 3.63) is 11.8 Å². The van der Waals surface area contributed by atoms with Crippen LogP contribution in [0.25, 0.3) is 0 Å². The normalized spacial score (nSPS) is 10.5. The molecule has 0 saturated carbocycles. The Morgan fingerprint density at radius 3 is 2.77 bits per heavy atom. The molecule has 0 aliphatic heterocycles. The minimum absolute atomic E-state index is 0.415. The Hall–Kier alpha value is -1.32. The molecular formula is C9H15N3O. The van der Waals surface area contributed by atoms with Gasteiger partial charge >= 0.3 is 0 Å². The maximum absolute atomic E-state index is 5.81. The zero-order valence-electron chi connectivity index (χ0n) is 8.24. The van der Waals surface area contributed by atoms with Gasteiger partial charge in [-0.1, -0.05) is 13.8 Å². The highest BCUT2D eigenvalue weighted by Gasteiger charge is 2.08. The third-order valence-corrected chi connectivity index (χ3v) is 1.76. The lowest BCUT2D eigenvalue weighted by molar-refractivity contribution is 0.393. The van der Waals surface area contributed by atoms with Crippen molar-refractivity contribution in [1.82, 2.24) is 10.2 Å². The molecule has 0 bridgehead atoms. The molecule has 0 unspecified atom stereocenters. The monoisotopic (exact) mass is 181 g/mol. The first kappa shape index (κ1) is 9.77. The molecule has 0 spiro atoms. The van der Waals surface area contributed by atoms with E-state index in [0.717, 1.165) is 12.0 Å². The lowest BCUT2D eigenvalue weighted by Crippen LogP contribution is -2.04. The molecule has 0 radical (unpaired) electrons. The van der Waals surface area contributed by atoms with Crippen LogP contribution in [0.15, 0.2) is 6.20 Å². The predicted octanol–water partition coefficient (Wildman–Crippen LogP) is 1.27. The highest BCUT2D eigenvalue weighted by Crippen LogP contribution is 2.22. The summed E-state index contributed by atoms with van der Waals surface area (Å²) >= 11 is 0. The Morgan fingerprint density at radius 1 is 1.54 bits per heavy atom. The van der Waals surface area contributed by atoms with Gasteiger partial charge in [-0.05, 0) is 12.3 Å². The molecule has 1 heterocycles. The molecule has 1 aromatic rings. The standard InChI is InChI=1S/C9H15N3O/c1-6(2)4-7-5-11-12-9(13-3)8(7)10/h5-6H,4H2,1-3H3,(H2,10,11). The lowest BCUT2D eigenvalue weighted by Gasteiger charge is -2.09. The summed E-state index contributed by atoms with van der Waals surface area (Å²) in [5.74, 6) is 0.967. The van der Waals surface area contributed by atoms with Crippen molar-refractivity contribution in [3.8, 4) is 5.88 Å². The summed E-state index contributed by atoms with van der Waals surface area (Å²) in [7, 11) is 1.54. The highest BCUT2D eigenvalue weighted by atomic mass is 16.5. The predicted molar refractivity (Wildman–Crippen MR) is 51.5 cm³/mol. The zero-order chi connectivity index (χ0) is 9.84. The fourth-order valence-corrected chi connectivity index (χ4v) is 1.17. The average Bonchev–Trinajstić information content (AvgIpc) is 2.08. The number of nitrogens with zero attached hydrogens (tertiary/aromatic N) is 2. The quantitative estimate of drug-likeness (QED) is 0.762.